The molecule has 0 fully saturated rings. The molecule has 258 valence electrons. The molecule has 3 aliphatic carbocycles. The highest BCUT2D eigenvalue weighted by Crippen LogP contribution is 2.63. The topological polar surface area (TPSA) is 0 Å². The summed E-state index contributed by atoms with van der Waals surface area (Å²) in [6.07, 6.45) is 4.43. The number of fused-ring (bicyclic) bond motifs is 10. The molecule has 1 heteroatoms. The van der Waals surface area contributed by atoms with Crippen molar-refractivity contribution in [1.29, 1.82) is 0 Å². The van der Waals surface area contributed by atoms with Crippen LogP contribution in [0.5, 0.6) is 0 Å². The van der Waals surface area contributed by atoms with Gasteiger partial charge in [0, 0.05) is 5.82 Å². The maximum absolute atomic E-state index is 3.79. The van der Waals surface area contributed by atoms with E-state index in [2.05, 4.69) is 191 Å². The number of benzene rings is 5. The van der Waals surface area contributed by atoms with Crippen LogP contribution in [0.4, 0.5) is 0 Å². The van der Waals surface area contributed by atoms with Gasteiger partial charge < -0.3 is 0 Å². The summed E-state index contributed by atoms with van der Waals surface area (Å²) in [7, 11) is 0. The quantitative estimate of drug-likeness (QED) is 0.129. The number of hydrogen-bond acceptors (Lipinski definition) is 0. The van der Waals surface area contributed by atoms with E-state index in [1.807, 2.05) is 0 Å². The smallest absolute Gasteiger partial charge is 0.0980 e. The van der Waals surface area contributed by atoms with Crippen LogP contribution in [-0.2, 0) is 16.2 Å². The SMILES string of the molecule is CC1=CC#CC(B(c2cccc3c2-c2ccccc2C32c3cc(C(C)(C)C)ccc3-c3ccc(C(C)(C)C)cc32)c2c(C)cc(C)cc2C)C(C)=C1. The first-order valence-corrected chi connectivity index (χ1v) is 19.1. The zero-order chi connectivity index (χ0) is 36.9. The van der Waals surface area contributed by atoms with Gasteiger partial charge in [-0.25, -0.2) is 0 Å². The summed E-state index contributed by atoms with van der Waals surface area (Å²) in [6, 6.07) is 35.9. The van der Waals surface area contributed by atoms with Crippen molar-refractivity contribution in [1.82, 2.24) is 0 Å². The zero-order valence-electron chi connectivity index (χ0n) is 33.0. The Balaban J connectivity index is 1.52. The maximum Gasteiger partial charge on any atom is 0.230 e. The summed E-state index contributed by atoms with van der Waals surface area (Å²) in [4.78, 5) is 0. The molecule has 0 saturated heterocycles. The number of hydrogen-bond donors (Lipinski definition) is 0. The average Bonchev–Trinajstić information content (AvgIpc) is 3.47. The van der Waals surface area contributed by atoms with E-state index in [1.165, 1.54) is 94.4 Å². The van der Waals surface area contributed by atoms with Gasteiger partial charge in [0.2, 0.25) is 6.71 Å². The molecule has 5 aromatic carbocycles. The molecule has 0 heterocycles. The van der Waals surface area contributed by atoms with Crippen LogP contribution in [0.1, 0.15) is 105 Å². The molecule has 0 nitrogen and oxygen atoms in total. The van der Waals surface area contributed by atoms with Gasteiger partial charge in [-0.1, -0.05) is 184 Å². The highest BCUT2D eigenvalue weighted by Gasteiger charge is 2.53. The minimum absolute atomic E-state index is 0.0180. The molecular formula is C51H51B. The summed E-state index contributed by atoms with van der Waals surface area (Å²) in [5.74, 6) is 7.31. The third-order valence-corrected chi connectivity index (χ3v) is 12.2. The minimum atomic E-state index is -0.435. The number of rotatable bonds is 3. The van der Waals surface area contributed by atoms with Crippen molar-refractivity contribution in [2.75, 3.05) is 0 Å². The van der Waals surface area contributed by atoms with E-state index in [0.717, 1.165) is 0 Å². The van der Waals surface area contributed by atoms with E-state index in [1.54, 1.807) is 0 Å². The van der Waals surface area contributed by atoms with Gasteiger partial charge in [0.05, 0.1) is 5.41 Å². The molecule has 0 aliphatic heterocycles. The van der Waals surface area contributed by atoms with Gasteiger partial charge in [-0.2, -0.15) is 0 Å². The minimum Gasteiger partial charge on any atom is -0.0980 e. The Bertz CT molecular complexity index is 2350. The van der Waals surface area contributed by atoms with Crippen molar-refractivity contribution in [2.45, 2.75) is 98.2 Å². The Morgan fingerprint density at radius 3 is 1.77 bits per heavy atom. The summed E-state index contributed by atoms with van der Waals surface area (Å²) in [5, 5.41) is 0. The van der Waals surface area contributed by atoms with Crippen molar-refractivity contribution in [3.63, 3.8) is 0 Å². The molecule has 0 amide bonds. The van der Waals surface area contributed by atoms with Crippen molar-refractivity contribution in [3.05, 3.63) is 164 Å². The van der Waals surface area contributed by atoms with Crippen LogP contribution in [0.2, 0.25) is 5.82 Å². The van der Waals surface area contributed by atoms with Crippen molar-refractivity contribution in [2.24, 2.45) is 0 Å². The summed E-state index contributed by atoms with van der Waals surface area (Å²) in [5.41, 5.74) is 22.7. The Hall–Kier alpha value is -4.80. The van der Waals surface area contributed by atoms with E-state index in [0.29, 0.717) is 0 Å². The van der Waals surface area contributed by atoms with Gasteiger partial charge in [0.15, 0.2) is 0 Å². The van der Waals surface area contributed by atoms with E-state index in [4.69, 9.17) is 0 Å². The fourth-order valence-electron chi connectivity index (χ4n) is 9.83. The van der Waals surface area contributed by atoms with Crippen LogP contribution >= 0.6 is 0 Å². The Kier molecular flexibility index (Phi) is 7.83. The van der Waals surface area contributed by atoms with Gasteiger partial charge >= 0.3 is 0 Å². The van der Waals surface area contributed by atoms with Crippen molar-refractivity contribution in [3.8, 4) is 34.1 Å². The molecule has 0 saturated carbocycles. The van der Waals surface area contributed by atoms with E-state index < -0.39 is 5.41 Å². The lowest BCUT2D eigenvalue weighted by atomic mass is 9.30. The third kappa shape index (κ3) is 5.05. The van der Waals surface area contributed by atoms with Gasteiger partial charge in [-0.3, -0.25) is 0 Å². The lowest BCUT2D eigenvalue weighted by Crippen LogP contribution is -2.49. The van der Waals surface area contributed by atoms with Crippen LogP contribution < -0.4 is 10.9 Å². The first-order valence-electron chi connectivity index (χ1n) is 19.1. The molecule has 8 rings (SSSR count). The molecular weight excluding hydrogens is 623 g/mol. The molecule has 1 spiro atoms. The predicted octanol–water partition coefficient (Wildman–Crippen LogP) is 11.4. The van der Waals surface area contributed by atoms with Gasteiger partial charge in [0.1, 0.15) is 0 Å². The summed E-state index contributed by atoms with van der Waals surface area (Å²) >= 11 is 0. The van der Waals surface area contributed by atoms with E-state index in [-0.39, 0.29) is 23.4 Å². The average molecular weight is 675 g/mol. The fourth-order valence-corrected chi connectivity index (χ4v) is 9.83. The highest BCUT2D eigenvalue weighted by atomic mass is 14.5. The monoisotopic (exact) mass is 674 g/mol. The Morgan fingerprint density at radius 1 is 0.596 bits per heavy atom. The molecule has 1 unspecified atom stereocenters. The van der Waals surface area contributed by atoms with Gasteiger partial charge in [-0.05, 0) is 113 Å². The predicted molar refractivity (Wildman–Crippen MR) is 225 cm³/mol. The molecule has 5 aromatic rings. The molecule has 0 N–H and O–H groups in total. The van der Waals surface area contributed by atoms with Crippen LogP contribution in [0, 0.1) is 32.6 Å². The molecule has 0 radical (unpaired) electrons. The Morgan fingerprint density at radius 2 is 1.17 bits per heavy atom. The largest absolute Gasteiger partial charge is 0.230 e. The van der Waals surface area contributed by atoms with E-state index in [9.17, 15) is 0 Å². The van der Waals surface area contributed by atoms with Crippen LogP contribution in [-0.4, -0.2) is 6.71 Å². The lowest BCUT2D eigenvalue weighted by molar-refractivity contribution is 0.586. The molecule has 3 aliphatic rings. The fraction of sp³-hybridized carbons (Fsp3) is 0.294. The van der Waals surface area contributed by atoms with Crippen molar-refractivity contribution >= 4 is 17.6 Å². The van der Waals surface area contributed by atoms with Crippen LogP contribution in [0.15, 0.2) is 114 Å². The molecule has 0 bridgehead atoms. The summed E-state index contributed by atoms with van der Waals surface area (Å²) in [6.45, 7) is 25.4. The maximum atomic E-state index is 3.79. The molecule has 52 heavy (non-hydrogen) atoms. The number of allylic oxidation sites excluding steroid dienone is 4. The first kappa shape index (κ1) is 34.3. The third-order valence-electron chi connectivity index (χ3n) is 12.2. The van der Waals surface area contributed by atoms with Crippen molar-refractivity contribution < 1.29 is 0 Å². The normalized spacial score (nSPS) is 16.6. The van der Waals surface area contributed by atoms with Crippen LogP contribution in [0.3, 0.4) is 0 Å². The zero-order valence-corrected chi connectivity index (χ0v) is 33.0. The van der Waals surface area contributed by atoms with Gasteiger partial charge in [-0.15, -0.1) is 0 Å². The second kappa shape index (κ2) is 11.9. The Labute approximate surface area is 313 Å². The van der Waals surface area contributed by atoms with Crippen LogP contribution in [0.25, 0.3) is 22.3 Å². The lowest BCUT2D eigenvalue weighted by Gasteiger charge is -2.33. The van der Waals surface area contributed by atoms with E-state index >= 15 is 0 Å². The van der Waals surface area contributed by atoms with Gasteiger partial charge in [0.25, 0.3) is 0 Å². The second-order valence-electron chi connectivity index (χ2n) is 17.9. The standard InChI is InChI=1S/C51H51B/c1-31-16-14-20-45(33(3)26-31)52(48-34(4)27-32(2)28-35(48)5)46-21-15-19-42-47(46)40-17-12-13-18-41(40)51(42)43-29-36(49(6,7)8)22-24-38(43)39-25-23-37(30-44(39)51)50(9,10)11/h12-13,15-19,21-30,45H,1-11H3. The molecule has 1 atom stereocenters. The summed E-state index contributed by atoms with van der Waals surface area (Å²) < 4.78 is 0. The second-order valence-corrected chi connectivity index (χ2v) is 17.9. The number of aryl methyl sites for hydroxylation is 3. The molecule has 0 aromatic heterocycles. The highest BCUT2D eigenvalue weighted by molar-refractivity contribution is 6.89. The first-order chi connectivity index (χ1) is 24.6.